The minimum Gasteiger partial charge on any atom is -0.396 e. The third-order valence-corrected chi connectivity index (χ3v) is 3.86. The van der Waals surface area contributed by atoms with Crippen LogP contribution in [0, 0.1) is 11.3 Å². The van der Waals surface area contributed by atoms with Crippen LogP contribution < -0.4 is 0 Å². The second kappa shape index (κ2) is 8.15. The maximum atomic E-state index is 9.40. The third-order valence-electron chi connectivity index (χ3n) is 3.86. The van der Waals surface area contributed by atoms with Gasteiger partial charge in [-0.3, -0.25) is 0 Å². The van der Waals surface area contributed by atoms with Gasteiger partial charge in [-0.25, -0.2) is 0 Å². The molecular formula is C14H30O. The predicted molar refractivity (Wildman–Crippen MR) is 68.0 cm³/mol. The summed E-state index contributed by atoms with van der Waals surface area (Å²) in [5, 5.41) is 9.40. The van der Waals surface area contributed by atoms with Gasteiger partial charge in [0.15, 0.2) is 0 Å². The first-order valence-electron chi connectivity index (χ1n) is 6.67. The lowest BCUT2D eigenvalue weighted by atomic mass is 9.76. The van der Waals surface area contributed by atoms with Gasteiger partial charge in [0.05, 0.1) is 0 Å². The van der Waals surface area contributed by atoms with Crippen LogP contribution >= 0.6 is 0 Å². The normalized spacial score (nSPS) is 15.6. The van der Waals surface area contributed by atoms with E-state index in [1.54, 1.807) is 0 Å². The van der Waals surface area contributed by atoms with Crippen molar-refractivity contribution in [2.24, 2.45) is 11.3 Å². The highest BCUT2D eigenvalue weighted by Crippen LogP contribution is 2.32. The first-order chi connectivity index (χ1) is 7.06. The molecule has 0 aliphatic heterocycles. The monoisotopic (exact) mass is 214 g/mol. The van der Waals surface area contributed by atoms with Crippen LogP contribution in [0.5, 0.6) is 0 Å². The molecule has 1 nitrogen and oxygen atoms in total. The molecule has 0 heterocycles. The first-order valence-corrected chi connectivity index (χ1v) is 6.67. The number of unbranched alkanes of at least 4 members (excludes halogenated alkanes) is 5. The number of aliphatic hydroxyl groups is 1. The van der Waals surface area contributed by atoms with Crippen molar-refractivity contribution in [3.05, 3.63) is 0 Å². The minimum atomic E-state index is 0.144. The summed E-state index contributed by atoms with van der Waals surface area (Å²) >= 11 is 0. The van der Waals surface area contributed by atoms with Gasteiger partial charge in [0.2, 0.25) is 0 Å². The van der Waals surface area contributed by atoms with Gasteiger partial charge in [-0.15, -0.1) is 0 Å². The SMILES string of the molecule is CCCCCCCCC(C)(CO)C(C)C. The quantitative estimate of drug-likeness (QED) is 0.564. The lowest BCUT2D eigenvalue weighted by Gasteiger charge is -2.31. The van der Waals surface area contributed by atoms with Crippen molar-refractivity contribution in [3.63, 3.8) is 0 Å². The Hall–Kier alpha value is -0.0400. The highest BCUT2D eigenvalue weighted by molar-refractivity contribution is 4.76. The Morgan fingerprint density at radius 2 is 1.53 bits per heavy atom. The number of rotatable bonds is 9. The third kappa shape index (κ3) is 6.19. The summed E-state index contributed by atoms with van der Waals surface area (Å²) in [6.45, 7) is 9.23. The topological polar surface area (TPSA) is 20.2 Å². The Morgan fingerprint density at radius 3 is 2.00 bits per heavy atom. The molecule has 0 saturated carbocycles. The molecule has 15 heavy (non-hydrogen) atoms. The molecule has 0 amide bonds. The van der Waals surface area contributed by atoms with Crippen LogP contribution in [0.2, 0.25) is 0 Å². The molecule has 0 aliphatic carbocycles. The van der Waals surface area contributed by atoms with E-state index in [1.807, 2.05) is 0 Å². The van der Waals surface area contributed by atoms with Gasteiger partial charge < -0.3 is 5.11 Å². The number of hydrogen-bond acceptors (Lipinski definition) is 1. The van der Waals surface area contributed by atoms with Gasteiger partial charge in [0.25, 0.3) is 0 Å². The van der Waals surface area contributed by atoms with E-state index < -0.39 is 0 Å². The van der Waals surface area contributed by atoms with E-state index in [2.05, 4.69) is 27.7 Å². The predicted octanol–water partition coefficient (Wildman–Crippen LogP) is 4.39. The lowest BCUT2D eigenvalue weighted by Crippen LogP contribution is -2.27. The average molecular weight is 214 g/mol. The van der Waals surface area contributed by atoms with Crippen LogP contribution in [0.1, 0.15) is 72.6 Å². The summed E-state index contributed by atoms with van der Waals surface area (Å²) in [6.07, 6.45) is 9.23. The molecular weight excluding hydrogens is 184 g/mol. The van der Waals surface area contributed by atoms with Gasteiger partial charge in [0, 0.05) is 6.61 Å². The largest absolute Gasteiger partial charge is 0.396 e. The molecule has 1 N–H and O–H groups in total. The van der Waals surface area contributed by atoms with Crippen LogP contribution in [0.3, 0.4) is 0 Å². The lowest BCUT2D eigenvalue weighted by molar-refractivity contribution is 0.0825. The van der Waals surface area contributed by atoms with E-state index >= 15 is 0 Å². The van der Waals surface area contributed by atoms with Crippen LogP contribution in [-0.2, 0) is 0 Å². The molecule has 0 fully saturated rings. The molecule has 0 bridgehead atoms. The van der Waals surface area contributed by atoms with E-state index in [0.29, 0.717) is 12.5 Å². The Labute approximate surface area is 96.3 Å². The molecule has 92 valence electrons. The fourth-order valence-corrected chi connectivity index (χ4v) is 1.86. The molecule has 0 rings (SSSR count). The summed E-state index contributed by atoms with van der Waals surface area (Å²) < 4.78 is 0. The Balaban J connectivity index is 3.55. The number of hydrogen-bond donors (Lipinski definition) is 1. The summed E-state index contributed by atoms with van der Waals surface area (Å²) in [5.41, 5.74) is 0.144. The van der Waals surface area contributed by atoms with Gasteiger partial charge in [-0.1, -0.05) is 66.2 Å². The van der Waals surface area contributed by atoms with E-state index in [0.717, 1.165) is 0 Å². The number of aliphatic hydroxyl groups excluding tert-OH is 1. The summed E-state index contributed by atoms with van der Waals surface area (Å²) in [6, 6.07) is 0. The molecule has 1 heteroatoms. The molecule has 0 aromatic carbocycles. The van der Waals surface area contributed by atoms with Crippen LogP contribution in [0.15, 0.2) is 0 Å². The fraction of sp³-hybridized carbons (Fsp3) is 1.00. The maximum absolute atomic E-state index is 9.40. The van der Waals surface area contributed by atoms with Crippen molar-refractivity contribution in [3.8, 4) is 0 Å². The molecule has 0 saturated heterocycles. The molecule has 1 unspecified atom stereocenters. The van der Waals surface area contributed by atoms with Crippen molar-refractivity contribution in [1.82, 2.24) is 0 Å². The highest BCUT2D eigenvalue weighted by atomic mass is 16.3. The molecule has 1 atom stereocenters. The van der Waals surface area contributed by atoms with Crippen LogP contribution in [-0.4, -0.2) is 11.7 Å². The zero-order valence-electron chi connectivity index (χ0n) is 11.2. The van der Waals surface area contributed by atoms with Gasteiger partial charge in [0.1, 0.15) is 0 Å². The molecule has 0 spiro atoms. The second-order valence-electron chi connectivity index (χ2n) is 5.48. The average Bonchev–Trinajstić information content (AvgIpc) is 2.22. The van der Waals surface area contributed by atoms with Gasteiger partial charge in [-0.05, 0) is 17.8 Å². The van der Waals surface area contributed by atoms with Gasteiger partial charge >= 0.3 is 0 Å². The summed E-state index contributed by atoms with van der Waals surface area (Å²) in [7, 11) is 0. The van der Waals surface area contributed by atoms with Crippen LogP contribution in [0.25, 0.3) is 0 Å². The molecule has 0 radical (unpaired) electrons. The standard InChI is InChI=1S/C14H30O/c1-5-6-7-8-9-10-11-14(4,12-15)13(2)3/h13,15H,5-12H2,1-4H3. The highest BCUT2D eigenvalue weighted by Gasteiger charge is 2.26. The summed E-state index contributed by atoms with van der Waals surface area (Å²) in [5.74, 6) is 0.582. The van der Waals surface area contributed by atoms with E-state index in [4.69, 9.17) is 0 Å². The zero-order chi connectivity index (χ0) is 11.7. The van der Waals surface area contributed by atoms with E-state index in [1.165, 1.54) is 44.9 Å². The van der Waals surface area contributed by atoms with Crippen molar-refractivity contribution in [2.75, 3.05) is 6.61 Å². The van der Waals surface area contributed by atoms with Crippen molar-refractivity contribution in [2.45, 2.75) is 72.6 Å². The van der Waals surface area contributed by atoms with E-state index in [-0.39, 0.29) is 5.41 Å². The first kappa shape index (κ1) is 15.0. The van der Waals surface area contributed by atoms with Crippen molar-refractivity contribution >= 4 is 0 Å². The molecule has 0 aromatic rings. The Bertz CT molecular complexity index is 142. The van der Waals surface area contributed by atoms with E-state index in [9.17, 15) is 5.11 Å². The minimum absolute atomic E-state index is 0.144. The van der Waals surface area contributed by atoms with Crippen LogP contribution in [0.4, 0.5) is 0 Å². The summed E-state index contributed by atoms with van der Waals surface area (Å²) in [4.78, 5) is 0. The van der Waals surface area contributed by atoms with Crippen molar-refractivity contribution in [1.29, 1.82) is 0 Å². The second-order valence-corrected chi connectivity index (χ2v) is 5.48. The molecule has 0 aromatic heterocycles. The maximum Gasteiger partial charge on any atom is 0.0487 e. The zero-order valence-corrected chi connectivity index (χ0v) is 11.2. The van der Waals surface area contributed by atoms with Crippen molar-refractivity contribution < 1.29 is 5.11 Å². The smallest absolute Gasteiger partial charge is 0.0487 e. The Morgan fingerprint density at radius 1 is 1.00 bits per heavy atom. The van der Waals surface area contributed by atoms with Gasteiger partial charge in [-0.2, -0.15) is 0 Å². The Kier molecular flexibility index (Phi) is 8.13. The molecule has 0 aliphatic rings. The fourth-order valence-electron chi connectivity index (χ4n) is 1.86.